The lowest BCUT2D eigenvalue weighted by Gasteiger charge is -2.28. The Labute approximate surface area is 204 Å². The predicted molar refractivity (Wildman–Crippen MR) is 135 cm³/mol. The summed E-state index contributed by atoms with van der Waals surface area (Å²) in [6, 6.07) is 8.34. The van der Waals surface area contributed by atoms with E-state index in [1.54, 1.807) is 13.3 Å². The smallest absolute Gasteiger partial charge is 0.299 e. The summed E-state index contributed by atoms with van der Waals surface area (Å²) in [6.45, 7) is 4.93. The van der Waals surface area contributed by atoms with Gasteiger partial charge in [-0.1, -0.05) is 30.4 Å². The second-order valence-electron chi connectivity index (χ2n) is 8.47. The van der Waals surface area contributed by atoms with E-state index in [4.69, 9.17) is 25.9 Å². The minimum atomic E-state index is -0.745. The molecule has 2 aromatic heterocycles. The maximum atomic E-state index is 6.78. The van der Waals surface area contributed by atoms with Crippen LogP contribution in [0.3, 0.4) is 0 Å². The number of hydrogen-bond acceptors (Lipinski definition) is 8. The molecule has 180 valence electrons. The standard InChI is InChI=1S/C24H29N7O2.ClH/c1-32-23-29-21-22(31(23)11-10-30-12-14-33-15-13-30)28-20(16-27-21)24(26)8-6-18(7-9-24)17-2-4-19(25)5-3-17;/h2-8,16H,9-15,25-26H2,1H3;1H. The highest BCUT2D eigenvalue weighted by molar-refractivity contribution is 5.85. The number of methoxy groups -OCH3 is 1. The molecule has 1 atom stereocenters. The number of imidazole rings is 1. The second kappa shape index (κ2) is 10.1. The Balaban J connectivity index is 0.00000274. The van der Waals surface area contributed by atoms with Crippen LogP contribution in [0.5, 0.6) is 6.01 Å². The van der Waals surface area contributed by atoms with E-state index >= 15 is 0 Å². The van der Waals surface area contributed by atoms with E-state index in [9.17, 15) is 0 Å². The van der Waals surface area contributed by atoms with Crippen molar-refractivity contribution in [2.45, 2.75) is 18.5 Å². The quantitative estimate of drug-likeness (QED) is 0.513. The van der Waals surface area contributed by atoms with Gasteiger partial charge in [-0.15, -0.1) is 12.4 Å². The summed E-state index contributed by atoms with van der Waals surface area (Å²) >= 11 is 0. The lowest BCUT2D eigenvalue weighted by Crippen LogP contribution is -2.38. The molecule has 1 aromatic carbocycles. The van der Waals surface area contributed by atoms with Crippen LogP contribution in [0, 0.1) is 0 Å². The van der Waals surface area contributed by atoms with Crippen LogP contribution in [0.15, 0.2) is 48.7 Å². The Morgan fingerprint density at radius 2 is 1.88 bits per heavy atom. The molecule has 0 amide bonds. The van der Waals surface area contributed by atoms with Crippen LogP contribution in [-0.2, 0) is 16.8 Å². The minimum Gasteiger partial charge on any atom is -0.468 e. The first kappa shape index (κ1) is 24.2. The van der Waals surface area contributed by atoms with Crippen LogP contribution >= 0.6 is 12.4 Å². The van der Waals surface area contributed by atoms with E-state index in [1.807, 2.05) is 41.0 Å². The summed E-state index contributed by atoms with van der Waals surface area (Å²) in [4.78, 5) is 16.3. The van der Waals surface area contributed by atoms with Crippen molar-refractivity contribution in [2.75, 3.05) is 45.7 Å². The van der Waals surface area contributed by atoms with Gasteiger partial charge < -0.3 is 20.9 Å². The zero-order valence-electron chi connectivity index (χ0n) is 19.2. The first-order valence-corrected chi connectivity index (χ1v) is 11.2. The molecular weight excluding hydrogens is 454 g/mol. The zero-order valence-corrected chi connectivity index (χ0v) is 20.0. The molecule has 1 unspecified atom stereocenters. The molecule has 10 heteroatoms. The number of hydrogen-bond donors (Lipinski definition) is 2. The number of aromatic nitrogens is 4. The summed E-state index contributed by atoms with van der Waals surface area (Å²) < 4.78 is 12.9. The van der Waals surface area contributed by atoms with Crippen molar-refractivity contribution < 1.29 is 9.47 Å². The number of nitrogen functional groups attached to an aromatic ring is 1. The Bertz CT molecular complexity index is 1200. The van der Waals surface area contributed by atoms with Gasteiger partial charge in [-0.05, 0) is 29.7 Å². The van der Waals surface area contributed by atoms with Gasteiger partial charge in [0.1, 0.15) is 0 Å². The number of ether oxygens (including phenoxy) is 2. The first-order chi connectivity index (χ1) is 16.1. The number of nitrogens with two attached hydrogens (primary N) is 2. The fraction of sp³-hybridized carbons (Fsp3) is 0.375. The van der Waals surface area contributed by atoms with E-state index in [0.29, 0.717) is 36.0 Å². The number of fused-ring (bicyclic) bond motifs is 1. The zero-order chi connectivity index (χ0) is 22.8. The van der Waals surface area contributed by atoms with Crippen molar-refractivity contribution in [1.82, 2.24) is 24.4 Å². The minimum absolute atomic E-state index is 0. The van der Waals surface area contributed by atoms with Crippen LogP contribution in [0.25, 0.3) is 16.9 Å². The number of benzene rings is 1. The maximum Gasteiger partial charge on any atom is 0.299 e. The molecule has 2 aliphatic rings. The van der Waals surface area contributed by atoms with Gasteiger partial charge >= 0.3 is 0 Å². The highest BCUT2D eigenvalue weighted by atomic mass is 35.5. The summed E-state index contributed by atoms with van der Waals surface area (Å²) in [5.41, 5.74) is 16.8. The van der Waals surface area contributed by atoms with Crippen LogP contribution in [0.4, 0.5) is 5.69 Å². The summed E-state index contributed by atoms with van der Waals surface area (Å²) in [5.74, 6) is 0. The molecule has 3 heterocycles. The number of nitrogens with zero attached hydrogens (tertiary/aromatic N) is 5. The second-order valence-corrected chi connectivity index (χ2v) is 8.47. The van der Waals surface area contributed by atoms with Gasteiger partial charge in [0.05, 0.1) is 37.8 Å². The molecule has 1 saturated heterocycles. The van der Waals surface area contributed by atoms with Gasteiger partial charge in [-0.2, -0.15) is 4.98 Å². The van der Waals surface area contributed by atoms with Gasteiger partial charge in [0.25, 0.3) is 6.01 Å². The number of halogens is 1. The average Bonchev–Trinajstić information content (AvgIpc) is 3.21. The molecule has 1 aliphatic carbocycles. The lowest BCUT2D eigenvalue weighted by atomic mass is 9.85. The Morgan fingerprint density at radius 3 is 2.56 bits per heavy atom. The van der Waals surface area contributed by atoms with Crippen molar-refractivity contribution in [1.29, 1.82) is 0 Å². The highest BCUT2D eigenvalue weighted by Gasteiger charge is 2.29. The van der Waals surface area contributed by atoms with E-state index in [-0.39, 0.29) is 12.4 Å². The average molecular weight is 484 g/mol. The maximum absolute atomic E-state index is 6.78. The van der Waals surface area contributed by atoms with Gasteiger partial charge in [0, 0.05) is 31.9 Å². The van der Waals surface area contributed by atoms with E-state index in [0.717, 1.165) is 49.7 Å². The Morgan fingerprint density at radius 1 is 1.12 bits per heavy atom. The number of anilines is 1. The number of rotatable bonds is 6. The molecule has 9 nitrogen and oxygen atoms in total. The molecule has 0 bridgehead atoms. The third-order valence-electron chi connectivity index (χ3n) is 6.29. The van der Waals surface area contributed by atoms with Crippen molar-refractivity contribution in [3.63, 3.8) is 0 Å². The molecule has 1 fully saturated rings. The molecule has 0 radical (unpaired) electrons. The van der Waals surface area contributed by atoms with Crippen LogP contribution in [0.2, 0.25) is 0 Å². The van der Waals surface area contributed by atoms with E-state index < -0.39 is 5.54 Å². The molecule has 3 aromatic rings. The van der Waals surface area contributed by atoms with Crippen LogP contribution < -0.4 is 16.2 Å². The van der Waals surface area contributed by atoms with E-state index in [2.05, 4.69) is 20.9 Å². The van der Waals surface area contributed by atoms with Crippen molar-refractivity contribution in [3.05, 3.63) is 59.9 Å². The van der Waals surface area contributed by atoms with Gasteiger partial charge in [-0.25, -0.2) is 9.97 Å². The highest BCUT2D eigenvalue weighted by Crippen LogP contribution is 2.32. The summed E-state index contributed by atoms with van der Waals surface area (Å²) in [6.07, 6.45) is 8.50. The Kier molecular flexibility index (Phi) is 7.18. The third-order valence-corrected chi connectivity index (χ3v) is 6.29. The van der Waals surface area contributed by atoms with Gasteiger partial charge in [-0.3, -0.25) is 9.47 Å². The predicted octanol–water partition coefficient (Wildman–Crippen LogP) is 2.37. The SMILES string of the molecule is COc1nc2ncc(C3(N)C=CC(c4ccc(N)cc4)=CC3)nc2n1CCN1CCOCC1.Cl. The van der Waals surface area contributed by atoms with E-state index in [1.165, 1.54) is 0 Å². The third kappa shape index (κ3) is 4.78. The first-order valence-electron chi connectivity index (χ1n) is 11.2. The van der Waals surface area contributed by atoms with Crippen LogP contribution in [0.1, 0.15) is 17.7 Å². The summed E-state index contributed by atoms with van der Waals surface area (Å²) in [5, 5.41) is 0. The Hall–Kier alpha value is -2.98. The molecule has 1 aliphatic heterocycles. The summed E-state index contributed by atoms with van der Waals surface area (Å²) in [7, 11) is 1.62. The fourth-order valence-electron chi connectivity index (χ4n) is 4.26. The van der Waals surface area contributed by atoms with Crippen molar-refractivity contribution >= 4 is 35.0 Å². The van der Waals surface area contributed by atoms with Crippen LogP contribution in [-0.4, -0.2) is 64.4 Å². The largest absolute Gasteiger partial charge is 0.468 e. The van der Waals surface area contributed by atoms with Gasteiger partial charge in [0.15, 0.2) is 5.65 Å². The van der Waals surface area contributed by atoms with Crippen molar-refractivity contribution in [2.24, 2.45) is 5.73 Å². The molecular formula is C24H30ClN7O2. The fourth-order valence-corrected chi connectivity index (χ4v) is 4.26. The molecule has 5 rings (SSSR count). The number of morpholine rings is 1. The number of allylic oxidation sites excluding steroid dienone is 2. The molecule has 4 N–H and O–H groups in total. The molecule has 0 spiro atoms. The normalized spacial score (nSPS) is 20.7. The lowest BCUT2D eigenvalue weighted by molar-refractivity contribution is 0.0362. The van der Waals surface area contributed by atoms with Crippen molar-refractivity contribution in [3.8, 4) is 6.01 Å². The molecule has 34 heavy (non-hydrogen) atoms. The molecule has 0 saturated carbocycles. The van der Waals surface area contributed by atoms with Gasteiger partial charge in [0.2, 0.25) is 5.65 Å². The topological polar surface area (TPSA) is 117 Å². The monoisotopic (exact) mass is 483 g/mol.